The van der Waals surface area contributed by atoms with Crippen molar-refractivity contribution in [3.63, 3.8) is 0 Å². The Balaban J connectivity index is 1.74. The molecule has 1 N–H and O–H groups in total. The number of carbonyl (C=O) groups excluding carboxylic acids is 1. The Labute approximate surface area is 159 Å². The van der Waals surface area contributed by atoms with Crippen LogP contribution in [0.1, 0.15) is 62.1 Å². The van der Waals surface area contributed by atoms with Gasteiger partial charge < -0.3 is 4.90 Å². The van der Waals surface area contributed by atoms with Crippen molar-refractivity contribution >= 4 is 5.91 Å². The molecule has 4 rings (SSSR count). The minimum atomic E-state index is -0.421. The summed E-state index contributed by atoms with van der Waals surface area (Å²) < 4.78 is 15.1. The molecule has 2 heterocycles. The zero-order chi connectivity index (χ0) is 19.2. The molecule has 1 aromatic carbocycles. The average Bonchev–Trinajstić information content (AvgIpc) is 3.10. The standard InChI is InChI=1S/C21H27FN4O/c1-4-25-19(23-21(20(25)27)12-6-5-7-13-21)18-14(2)24-26(15(18)3)17-10-8-16(22)9-11-17/h8-11,19,23H,4-7,12-13H2,1-3H3. The SMILES string of the molecule is CCN1C(=O)C2(CCCCC2)NC1c1c(C)nn(-c2ccc(F)cc2)c1C. The van der Waals surface area contributed by atoms with Crippen LogP contribution in [0.5, 0.6) is 0 Å². The summed E-state index contributed by atoms with van der Waals surface area (Å²) in [5, 5.41) is 8.39. The summed E-state index contributed by atoms with van der Waals surface area (Å²) in [6.45, 7) is 6.70. The molecule has 2 fully saturated rings. The predicted octanol–water partition coefficient (Wildman–Crippen LogP) is 3.78. The maximum absolute atomic E-state index is 13.3. The van der Waals surface area contributed by atoms with Crippen molar-refractivity contribution in [2.75, 3.05) is 6.54 Å². The Morgan fingerprint density at radius 3 is 2.48 bits per heavy atom. The van der Waals surface area contributed by atoms with Crippen LogP contribution in [0.25, 0.3) is 5.69 Å². The molecule has 1 atom stereocenters. The molecule has 0 radical (unpaired) electrons. The van der Waals surface area contributed by atoms with Crippen molar-refractivity contribution in [2.24, 2.45) is 0 Å². The van der Waals surface area contributed by atoms with Crippen LogP contribution in [0.15, 0.2) is 24.3 Å². The molecule has 6 heteroatoms. The number of nitrogens with one attached hydrogen (secondary N) is 1. The first-order valence-corrected chi connectivity index (χ1v) is 9.87. The van der Waals surface area contributed by atoms with Crippen LogP contribution in [0.4, 0.5) is 4.39 Å². The fraction of sp³-hybridized carbons (Fsp3) is 0.524. The zero-order valence-corrected chi connectivity index (χ0v) is 16.3. The zero-order valence-electron chi connectivity index (χ0n) is 16.3. The number of benzene rings is 1. The molecule has 1 saturated carbocycles. The van der Waals surface area contributed by atoms with Gasteiger partial charge in [0.15, 0.2) is 0 Å². The van der Waals surface area contributed by atoms with Gasteiger partial charge in [0.2, 0.25) is 5.91 Å². The Morgan fingerprint density at radius 1 is 1.19 bits per heavy atom. The Bertz CT molecular complexity index is 852. The van der Waals surface area contributed by atoms with E-state index in [1.54, 1.807) is 12.1 Å². The highest BCUT2D eigenvalue weighted by Crippen LogP contribution is 2.41. The fourth-order valence-electron chi connectivity index (χ4n) is 4.75. The Hall–Kier alpha value is -2.21. The third kappa shape index (κ3) is 2.87. The van der Waals surface area contributed by atoms with E-state index in [4.69, 9.17) is 5.10 Å². The van der Waals surface area contributed by atoms with E-state index in [1.807, 2.05) is 30.4 Å². The lowest BCUT2D eigenvalue weighted by molar-refractivity contribution is -0.134. The van der Waals surface area contributed by atoms with E-state index in [-0.39, 0.29) is 17.9 Å². The largest absolute Gasteiger partial charge is 0.321 e. The molecule has 2 aliphatic rings. The second-order valence-electron chi connectivity index (χ2n) is 7.75. The highest BCUT2D eigenvalue weighted by molar-refractivity contribution is 5.89. The van der Waals surface area contributed by atoms with Gasteiger partial charge in [0.25, 0.3) is 0 Å². The molecule has 144 valence electrons. The number of aryl methyl sites for hydroxylation is 1. The van der Waals surface area contributed by atoms with E-state index < -0.39 is 5.54 Å². The predicted molar refractivity (Wildman–Crippen MR) is 102 cm³/mol. The number of nitrogens with zero attached hydrogens (tertiary/aromatic N) is 3. The average molecular weight is 370 g/mol. The summed E-state index contributed by atoms with van der Waals surface area (Å²) in [6.07, 6.45) is 5.04. The number of rotatable bonds is 3. The molecule has 1 aliphatic heterocycles. The Kier molecular flexibility index (Phi) is 4.54. The topological polar surface area (TPSA) is 50.2 Å². The summed E-state index contributed by atoms with van der Waals surface area (Å²) >= 11 is 0. The molecule has 27 heavy (non-hydrogen) atoms. The summed E-state index contributed by atoms with van der Waals surface area (Å²) in [5.41, 5.74) is 3.33. The quantitative estimate of drug-likeness (QED) is 0.894. The maximum atomic E-state index is 13.3. The van der Waals surface area contributed by atoms with Crippen molar-refractivity contribution in [2.45, 2.75) is 64.6 Å². The fourth-order valence-corrected chi connectivity index (χ4v) is 4.75. The number of halogens is 1. The molecule has 1 spiro atoms. The van der Waals surface area contributed by atoms with Gasteiger partial charge in [0, 0.05) is 17.8 Å². The van der Waals surface area contributed by atoms with Crippen molar-refractivity contribution in [1.29, 1.82) is 0 Å². The van der Waals surface area contributed by atoms with Crippen LogP contribution in [0.2, 0.25) is 0 Å². The van der Waals surface area contributed by atoms with Gasteiger partial charge in [-0.15, -0.1) is 0 Å². The van der Waals surface area contributed by atoms with Crippen molar-refractivity contribution in [3.05, 3.63) is 47.0 Å². The number of carbonyl (C=O) groups is 1. The van der Waals surface area contributed by atoms with Crippen LogP contribution in [-0.2, 0) is 4.79 Å². The molecule has 2 aromatic rings. The highest BCUT2D eigenvalue weighted by Gasteiger charge is 2.52. The number of amides is 1. The molecule has 1 amide bonds. The smallest absolute Gasteiger partial charge is 0.244 e. The first-order chi connectivity index (χ1) is 13.0. The van der Waals surface area contributed by atoms with Gasteiger partial charge in [0.1, 0.15) is 12.0 Å². The van der Waals surface area contributed by atoms with E-state index in [2.05, 4.69) is 5.32 Å². The minimum Gasteiger partial charge on any atom is -0.321 e. The third-order valence-corrected chi connectivity index (χ3v) is 6.13. The lowest BCUT2D eigenvalue weighted by Gasteiger charge is -2.31. The van der Waals surface area contributed by atoms with Gasteiger partial charge in [-0.25, -0.2) is 9.07 Å². The number of likely N-dealkylation sites (N-methyl/N-ethyl adjacent to an activating group) is 1. The molecule has 1 unspecified atom stereocenters. The van der Waals surface area contributed by atoms with Crippen LogP contribution < -0.4 is 5.32 Å². The molecular formula is C21H27FN4O. The van der Waals surface area contributed by atoms with Crippen LogP contribution in [0.3, 0.4) is 0 Å². The number of hydrogen-bond donors (Lipinski definition) is 1. The van der Waals surface area contributed by atoms with Gasteiger partial charge in [-0.2, -0.15) is 5.10 Å². The summed E-state index contributed by atoms with van der Waals surface area (Å²) in [4.78, 5) is 15.2. The maximum Gasteiger partial charge on any atom is 0.244 e. The van der Waals surface area contributed by atoms with Gasteiger partial charge in [-0.05, 0) is 57.9 Å². The first-order valence-electron chi connectivity index (χ1n) is 9.87. The summed E-state index contributed by atoms with van der Waals surface area (Å²) in [7, 11) is 0. The van der Waals surface area contributed by atoms with E-state index in [9.17, 15) is 9.18 Å². The summed E-state index contributed by atoms with van der Waals surface area (Å²) in [6, 6.07) is 6.34. The van der Waals surface area contributed by atoms with Crippen LogP contribution in [-0.4, -0.2) is 32.7 Å². The van der Waals surface area contributed by atoms with E-state index in [0.29, 0.717) is 6.54 Å². The molecule has 5 nitrogen and oxygen atoms in total. The van der Waals surface area contributed by atoms with Crippen molar-refractivity contribution < 1.29 is 9.18 Å². The van der Waals surface area contributed by atoms with Crippen molar-refractivity contribution in [3.8, 4) is 5.69 Å². The van der Waals surface area contributed by atoms with E-state index in [0.717, 1.165) is 48.3 Å². The molecule has 1 saturated heterocycles. The second kappa shape index (κ2) is 6.75. The van der Waals surface area contributed by atoms with E-state index >= 15 is 0 Å². The van der Waals surface area contributed by atoms with Crippen LogP contribution >= 0.6 is 0 Å². The molecule has 1 aromatic heterocycles. The lowest BCUT2D eigenvalue weighted by atomic mass is 9.81. The van der Waals surface area contributed by atoms with Gasteiger partial charge in [-0.1, -0.05) is 19.3 Å². The van der Waals surface area contributed by atoms with Gasteiger partial charge in [0.05, 0.1) is 16.9 Å². The monoisotopic (exact) mass is 370 g/mol. The van der Waals surface area contributed by atoms with Crippen molar-refractivity contribution in [1.82, 2.24) is 20.0 Å². The normalized spacial score (nSPS) is 22.0. The number of hydrogen-bond acceptors (Lipinski definition) is 3. The van der Waals surface area contributed by atoms with Crippen LogP contribution in [0, 0.1) is 19.7 Å². The third-order valence-electron chi connectivity index (χ3n) is 6.13. The van der Waals surface area contributed by atoms with Gasteiger partial charge in [-0.3, -0.25) is 10.1 Å². The lowest BCUT2D eigenvalue weighted by Crippen LogP contribution is -2.48. The van der Waals surface area contributed by atoms with E-state index in [1.165, 1.54) is 18.6 Å². The second-order valence-corrected chi connectivity index (χ2v) is 7.75. The molecular weight excluding hydrogens is 343 g/mol. The highest BCUT2D eigenvalue weighted by atomic mass is 19.1. The number of aromatic nitrogens is 2. The van der Waals surface area contributed by atoms with Gasteiger partial charge >= 0.3 is 0 Å². The summed E-state index contributed by atoms with van der Waals surface area (Å²) in [5.74, 6) is -0.0389. The molecule has 0 bridgehead atoms. The minimum absolute atomic E-state index is 0.158. The Morgan fingerprint density at radius 2 is 1.85 bits per heavy atom. The first kappa shape index (κ1) is 18.2. The molecule has 1 aliphatic carbocycles.